The zero-order valence-electron chi connectivity index (χ0n) is 34.9. The summed E-state index contributed by atoms with van der Waals surface area (Å²) < 4.78 is 11.6. The molecular formula is C60H40N2OSi. The molecule has 0 radical (unpaired) electrons. The number of rotatable bonds is 7. The van der Waals surface area contributed by atoms with E-state index >= 15 is 0 Å². The Morgan fingerprint density at radius 3 is 1.41 bits per heavy atom. The minimum atomic E-state index is -3.08. The first-order valence-electron chi connectivity index (χ1n) is 22.0. The van der Waals surface area contributed by atoms with E-state index in [0.717, 1.165) is 44.4 Å². The molecular weight excluding hydrogens is 793 g/mol. The lowest BCUT2D eigenvalue weighted by Gasteiger charge is -2.35. The van der Waals surface area contributed by atoms with Crippen molar-refractivity contribution in [1.29, 1.82) is 0 Å². The van der Waals surface area contributed by atoms with Crippen molar-refractivity contribution in [2.24, 2.45) is 0 Å². The predicted octanol–water partition coefficient (Wildman–Crippen LogP) is 12.8. The molecule has 3 nitrogen and oxygen atoms in total. The number of nitrogens with zero attached hydrogens (tertiary/aromatic N) is 2. The van der Waals surface area contributed by atoms with E-state index in [0.29, 0.717) is 0 Å². The van der Waals surface area contributed by atoms with Crippen LogP contribution in [0, 0.1) is 0 Å². The lowest BCUT2D eigenvalue weighted by atomic mass is 10.0. The molecule has 0 N–H and O–H groups in total. The summed E-state index contributed by atoms with van der Waals surface area (Å²) in [6.45, 7) is 0. The molecule has 0 fully saturated rings. The molecule has 0 spiro atoms. The van der Waals surface area contributed by atoms with Crippen LogP contribution in [0.25, 0.3) is 88.1 Å². The van der Waals surface area contributed by atoms with E-state index in [4.69, 9.17) is 4.42 Å². The monoisotopic (exact) mass is 832 g/mol. The van der Waals surface area contributed by atoms with E-state index in [-0.39, 0.29) is 0 Å². The van der Waals surface area contributed by atoms with Crippen molar-refractivity contribution in [2.45, 2.75) is 0 Å². The molecule has 0 saturated carbocycles. The van der Waals surface area contributed by atoms with Gasteiger partial charge in [-0.15, -0.1) is 0 Å². The molecule has 3 heterocycles. The molecule has 13 aromatic rings. The van der Waals surface area contributed by atoms with E-state index in [9.17, 15) is 0 Å². The summed E-state index contributed by atoms with van der Waals surface area (Å²) in [6.07, 6.45) is 0. The number of furan rings is 1. The lowest BCUT2D eigenvalue weighted by Crippen LogP contribution is -2.74. The molecule has 13 rings (SSSR count). The molecule has 3 aromatic heterocycles. The molecule has 0 amide bonds. The maximum Gasteiger partial charge on any atom is 0.179 e. The van der Waals surface area contributed by atoms with Gasteiger partial charge in [-0.05, 0) is 80.9 Å². The fourth-order valence-corrected chi connectivity index (χ4v) is 15.5. The van der Waals surface area contributed by atoms with Crippen LogP contribution in [-0.4, -0.2) is 17.2 Å². The highest BCUT2D eigenvalue weighted by atomic mass is 28.3. The summed E-state index contributed by atoms with van der Waals surface area (Å²) in [4.78, 5) is 0. The molecule has 10 aromatic carbocycles. The van der Waals surface area contributed by atoms with Gasteiger partial charge in [0, 0.05) is 49.3 Å². The van der Waals surface area contributed by atoms with Crippen molar-refractivity contribution in [3.63, 3.8) is 0 Å². The lowest BCUT2D eigenvalue weighted by molar-refractivity contribution is 0.670. The predicted molar refractivity (Wildman–Crippen MR) is 271 cm³/mol. The average Bonchev–Trinajstić information content (AvgIpc) is 4.03. The Bertz CT molecular complexity index is 3810. The van der Waals surface area contributed by atoms with Crippen molar-refractivity contribution in [1.82, 2.24) is 9.13 Å². The minimum Gasteiger partial charge on any atom is -0.455 e. The van der Waals surface area contributed by atoms with Crippen molar-refractivity contribution in [2.75, 3.05) is 0 Å². The fraction of sp³-hybridized carbons (Fsp3) is 0. The van der Waals surface area contributed by atoms with Gasteiger partial charge in [0.05, 0.1) is 22.1 Å². The minimum absolute atomic E-state index is 0.896. The van der Waals surface area contributed by atoms with Gasteiger partial charge in [0.25, 0.3) is 0 Å². The Morgan fingerprint density at radius 2 is 0.781 bits per heavy atom. The highest BCUT2D eigenvalue weighted by Gasteiger charge is 2.42. The summed E-state index contributed by atoms with van der Waals surface area (Å²) >= 11 is 0. The van der Waals surface area contributed by atoms with Crippen molar-refractivity contribution >= 4 is 94.4 Å². The normalized spacial score (nSPS) is 12.1. The van der Waals surface area contributed by atoms with Crippen LogP contribution in [0.5, 0.6) is 0 Å². The van der Waals surface area contributed by atoms with E-state index in [1.807, 2.05) is 0 Å². The zero-order chi connectivity index (χ0) is 42.2. The molecule has 64 heavy (non-hydrogen) atoms. The molecule has 0 aliphatic rings. The summed E-state index contributed by atoms with van der Waals surface area (Å²) in [5.41, 5.74) is 11.1. The molecule has 0 atom stereocenters. The summed E-state index contributed by atoms with van der Waals surface area (Å²) in [6, 6.07) is 89.4. The molecule has 4 heteroatoms. The van der Waals surface area contributed by atoms with E-state index < -0.39 is 8.07 Å². The highest BCUT2D eigenvalue weighted by molar-refractivity contribution is 7.20. The third kappa shape index (κ3) is 5.39. The summed E-state index contributed by atoms with van der Waals surface area (Å²) in [5.74, 6) is 0. The third-order valence-electron chi connectivity index (χ3n) is 13.4. The highest BCUT2D eigenvalue weighted by Crippen LogP contribution is 2.38. The van der Waals surface area contributed by atoms with Gasteiger partial charge in [-0.2, -0.15) is 0 Å². The summed E-state index contributed by atoms with van der Waals surface area (Å²) in [7, 11) is -3.08. The van der Waals surface area contributed by atoms with Crippen molar-refractivity contribution < 1.29 is 4.42 Å². The molecule has 0 aliphatic heterocycles. The van der Waals surface area contributed by atoms with Gasteiger partial charge < -0.3 is 13.6 Å². The Balaban J connectivity index is 1.09. The van der Waals surface area contributed by atoms with Crippen LogP contribution >= 0.6 is 0 Å². The number of benzene rings is 10. The van der Waals surface area contributed by atoms with Gasteiger partial charge in [0.15, 0.2) is 8.07 Å². The maximum absolute atomic E-state index is 6.76. The molecule has 0 bridgehead atoms. The zero-order valence-corrected chi connectivity index (χ0v) is 35.9. The molecule has 300 valence electrons. The van der Waals surface area contributed by atoms with Crippen LogP contribution in [0.2, 0.25) is 0 Å². The Morgan fingerprint density at radius 1 is 0.297 bits per heavy atom. The number of hydrogen-bond acceptors (Lipinski definition) is 1. The largest absolute Gasteiger partial charge is 0.455 e. The van der Waals surface area contributed by atoms with Gasteiger partial charge in [0.1, 0.15) is 11.2 Å². The Hall–Kier alpha value is -8.18. The summed E-state index contributed by atoms with van der Waals surface area (Å²) in [5, 5.41) is 12.5. The van der Waals surface area contributed by atoms with Crippen LogP contribution in [0.15, 0.2) is 247 Å². The third-order valence-corrected chi connectivity index (χ3v) is 18.2. The van der Waals surface area contributed by atoms with Crippen LogP contribution in [0.4, 0.5) is 0 Å². The Kier molecular flexibility index (Phi) is 8.23. The average molecular weight is 833 g/mol. The topological polar surface area (TPSA) is 23.0 Å². The van der Waals surface area contributed by atoms with E-state index in [2.05, 4.69) is 252 Å². The number of hydrogen-bond donors (Lipinski definition) is 0. The molecule has 0 unspecified atom stereocenters. The first kappa shape index (κ1) is 36.5. The van der Waals surface area contributed by atoms with Crippen LogP contribution in [0.3, 0.4) is 0 Å². The second-order valence-electron chi connectivity index (χ2n) is 16.8. The molecule has 0 saturated heterocycles. The van der Waals surface area contributed by atoms with Gasteiger partial charge in [-0.3, -0.25) is 0 Å². The van der Waals surface area contributed by atoms with Gasteiger partial charge >= 0.3 is 0 Å². The standard InChI is InChI=1S/C60H40N2OSi/c1-4-19-41(20-5-1)52-39-47(40-54-51-30-13-17-34-59(51)63-60(52)54)64(44-22-6-2-7-23-44,45-24-8-3-9-25-45)46-26-18-21-42(37-46)61-57-33-16-12-29-50(57)53-38-43(35-36-58(53)61)62-55-31-14-10-27-48(55)49-28-11-15-32-56(49)62/h1-40H. The van der Waals surface area contributed by atoms with Gasteiger partial charge in [-0.1, -0.05) is 188 Å². The van der Waals surface area contributed by atoms with E-state index in [1.165, 1.54) is 64.4 Å². The fourth-order valence-electron chi connectivity index (χ4n) is 10.7. The second-order valence-corrected chi connectivity index (χ2v) is 20.6. The van der Waals surface area contributed by atoms with Crippen LogP contribution < -0.4 is 20.7 Å². The van der Waals surface area contributed by atoms with Crippen LogP contribution in [-0.2, 0) is 0 Å². The second kappa shape index (κ2) is 14.5. The Labute approximate surface area is 371 Å². The molecule has 0 aliphatic carbocycles. The number of para-hydroxylation sites is 4. The first-order chi connectivity index (χ1) is 31.8. The smallest absolute Gasteiger partial charge is 0.179 e. The van der Waals surface area contributed by atoms with Crippen molar-refractivity contribution in [3.8, 4) is 22.5 Å². The van der Waals surface area contributed by atoms with Crippen molar-refractivity contribution in [3.05, 3.63) is 243 Å². The number of fused-ring (bicyclic) bond motifs is 9. The SMILES string of the molecule is c1ccc(-c2cc([Si](c3ccccc3)(c3ccccc3)c3cccc(-n4c5ccccc5c5cc(-n6c7ccccc7c7ccccc76)ccc54)c3)cc3c2oc2ccccc23)cc1. The number of aromatic nitrogens is 2. The first-order valence-corrected chi connectivity index (χ1v) is 24.0. The van der Waals surface area contributed by atoms with Gasteiger partial charge in [0.2, 0.25) is 0 Å². The van der Waals surface area contributed by atoms with Gasteiger partial charge in [-0.25, -0.2) is 0 Å². The quantitative estimate of drug-likeness (QED) is 0.116. The maximum atomic E-state index is 6.76. The van der Waals surface area contributed by atoms with Crippen LogP contribution in [0.1, 0.15) is 0 Å². The van der Waals surface area contributed by atoms with E-state index in [1.54, 1.807) is 0 Å².